The lowest BCUT2D eigenvalue weighted by atomic mass is 9.85. The fourth-order valence-corrected chi connectivity index (χ4v) is 4.58. The quantitative estimate of drug-likeness (QED) is 0.750. The molecule has 1 aliphatic rings. The summed E-state index contributed by atoms with van der Waals surface area (Å²) in [5.41, 5.74) is 0. The first-order valence-electron chi connectivity index (χ1n) is 7.79. The van der Waals surface area contributed by atoms with E-state index in [9.17, 15) is 0 Å². The number of aryl methyl sites for hydroxylation is 1. The average Bonchev–Trinajstić information content (AvgIpc) is 2.89. The molecule has 5 heteroatoms. The van der Waals surface area contributed by atoms with Gasteiger partial charge in [-0.15, -0.1) is 11.3 Å². The van der Waals surface area contributed by atoms with Gasteiger partial charge in [-0.2, -0.15) is 4.98 Å². The zero-order valence-corrected chi connectivity index (χ0v) is 14.5. The summed E-state index contributed by atoms with van der Waals surface area (Å²) < 4.78 is 0. The molecular formula is C16H22ClN3S. The molecular weight excluding hydrogens is 302 g/mol. The van der Waals surface area contributed by atoms with Gasteiger partial charge in [-0.3, -0.25) is 0 Å². The Kier molecular flexibility index (Phi) is 4.36. The Morgan fingerprint density at radius 1 is 1.33 bits per heavy atom. The third-order valence-electron chi connectivity index (χ3n) is 4.64. The Hall–Kier alpha value is -0.870. The Bertz CT molecular complexity index is 640. The van der Waals surface area contributed by atoms with Gasteiger partial charge in [-0.25, -0.2) is 4.98 Å². The van der Waals surface area contributed by atoms with Crippen molar-refractivity contribution in [1.29, 1.82) is 0 Å². The van der Waals surface area contributed by atoms with Gasteiger partial charge < -0.3 is 4.90 Å². The number of nitrogens with zero attached hydrogens (tertiary/aromatic N) is 3. The first kappa shape index (κ1) is 15.0. The maximum absolute atomic E-state index is 6.15. The van der Waals surface area contributed by atoms with Gasteiger partial charge in [0.2, 0.25) is 5.28 Å². The Balaban J connectivity index is 2.03. The maximum atomic E-state index is 6.15. The van der Waals surface area contributed by atoms with Gasteiger partial charge in [-0.1, -0.05) is 26.7 Å². The van der Waals surface area contributed by atoms with Crippen molar-refractivity contribution < 1.29 is 0 Å². The summed E-state index contributed by atoms with van der Waals surface area (Å²) in [4.78, 5) is 13.6. The fraction of sp³-hybridized carbons (Fsp3) is 0.625. The molecule has 0 bridgehead atoms. The average molecular weight is 324 g/mol. The second-order valence-corrected chi connectivity index (χ2v) is 7.49. The highest BCUT2D eigenvalue weighted by Crippen LogP contribution is 2.36. The highest BCUT2D eigenvalue weighted by molar-refractivity contribution is 7.18. The van der Waals surface area contributed by atoms with E-state index in [1.54, 1.807) is 11.3 Å². The van der Waals surface area contributed by atoms with Crippen LogP contribution in [-0.2, 0) is 6.42 Å². The molecule has 1 fully saturated rings. The lowest BCUT2D eigenvalue weighted by Crippen LogP contribution is -2.39. The summed E-state index contributed by atoms with van der Waals surface area (Å²) in [5, 5.41) is 1.51. The topological polar surface area (TPSA) is 29.0 Å². The molecule has 1 saturated carbocycles. The zero-order chi connectivity index (χ0) is 15.0. The SMILES string of the molecule is CCc1cc2c(N(C)C3CCCCC3C)nc(Cl)nc2s1. The molecule has 0 saturated heterocycles. The predicted molar refractivity (Wildman–Crippen MR) is 91.6 cm³/mol. The number of anilines is 1. The molecule has 0 aromatic carbocycles. The molecule has 21 heavy (non-hydrogen) atoms. The normalized spacial score (nSPS) is 22.7. The van der Waals surface area contributed by atoms with E-state index in [1.807, 2.05) is 0 Å². The number of thiophene rings is 1. The summed E-state index contributed by atoms with van der Waals surface area (Å²) in [6, 6.07) is 2.79. The molecule has 3 rings (SSSR count). The first-order valence-corrected chi connectivity index (χ1v) is 8.98. The minimum atomic E-state index is 0.359. The van der Waals surface area contributed by atoms with Gasteiger partial charge in [0.1, 0.15) is 10.6 Å². The highest BCUT2D eigenvalue weighted by Gasteiger charge is 2.27. The monoisotopic (exact) mass is 323 g/mol. The Labute approximate surface area is 135 Å². The second-order valence-electron chi connectivity index (χ2n) is 6.04. The van der Waals surface area contributed by atoms with Crippen molar-refractivity contribution in [2.45, 2.75) is 52.0 Å². The molecule has 0 radical (unpaired) electrons. The number of fused-ring (bicyclic) bond motifs is 1. The van der Waals surface area contributed by atoms with Crippen molar-refractivity contribution in [3.8, 4) is 0 Å². The van der Waals surface area contributed by atoms with Crippen LogP contribution >= 0.6 is 22.9 Å². The van der Waals surface area contributed by atoms with Gasteiger partial charge in [-0.05, 0) is 42.8 Å². The molecule has 2 unspecified atom stereocenters. The molecule has 2 aromatic heterocycles. The number of rotatable bonds is 3. The largest absolute Gasteiger partial charge is 0.356 e. The van der Waals surface area contributed by atoms with Crippen molar-refractivity contribution in [2.24, 2.45) is 5.92 Å². The van der Waals surface area contributed by atoms with Crippen LogP contribution in [0, 0.1) is 5.92 Å². The molecule has 2 heterocycles. The van der Waals surface area contributed by atoms with E-state index in [-0.39, 0.29) is 0 Å². The van der Waals surface area contributed by atoms with Crippen LogP contribution in [0.2, 0.25) is 5.28 Å². The molecule has 0 spiro atoms. The predicted octanol–water partition coefficient (Wildman–Crippen LogP) is 4.92. The number of hydrogen-bond donors (Lipinski definition) is 0. The van der Waals surface area contributed by atoms with Crippen molar-refractivity contribution in [1.82, 2.24) is 9.97 Å². The molecule has 114 valence electrons. The minimum absolute atomic E-state index is 0.359. The summed E-state index contributed by atoms with van der Waals surface area (Å²) in [6.07, 6.45) is 6.24. The van der Waals surface area contributed by atoms with E-state index >= 15 is 0 Å². The van der Waals surface area contributed by atoms with Crippen LogP contribution in [0.4, 0.5) is 5.82 Å². The summed E-state index contributed by atoms with van der Waals surface area (Å²) in [5.74, 6) is 1.71. The number of hydrogen-bond acceptors (Lipinski definition) is 4. The lowest BCUT2D eigenvalue weighted by Gasteiger charge is -2.37. The van der Waals surface area contributed by atoms with Crippen molar-refractivity contribution >= 4 is 39.0 Å². The van der Waals surface area contributed by atoms with Gasteiger partial charge in [0.05, 0.1) is 5.39 Å². The molecule has 0 amide bonds. The Morgan fingerprint density at radius 2 is 2.10 bits per heavy atom. The van der Waals surface area contributed by atoms with Gasteiger partial charge >= 0.3 is 0 Å². The van der Waals surface area contributed by atoms with Crippen LogP contribution in [-0.4, -0.2) is 23.1 Å². The van der Waals surface area contributed by atoms with Gasteiger partial charge in [0, 0.05) is 18.0 Å². The summed E-state index contributed by atoms with van der Waals surface area (Å²) >= 11 is 7.88. The van der Waals surface area contributed by atoms with Crippen LogP contribution in [0.3, 0.4) is 0 Å². The highest BCUT2D eigenvalue weighted by atomic mass is 35.5. The summed E-state index contributed by atoms with van der Waals surface area (Å²) in [7, 11) is 2.16. The van der Waals surface area contributed by atoms with E-state index in [2.05, 4.69) is 41.8 Å². The number of halogens is 1. The van der Waals surface area contributed by atoms with Crippen molar-refractivity contribution in [3.05, 3.63) is 16.2 Å². The zero-order valence-electron chi connectivity index (χ0n) is 12.9. The standard InChI is InChI=1S/C16H22ClN3S/c1-4-11-9-12-14(18-16(17)19-15(12)21-11)20(3)13-8-6-5-7-10(13)2/h9-10,13H,4-8H2,1-3H3. The molecule has 1 aliphatic carbocycles. The first-order chi connectivity index (χ1) is 10.1. The van der Waals surface area contributed by atoms with E-state index in [4.69, 9.17) is 11.6 Å². The van der Waals surface area contributed by atoms with E-state index < -0.39 is 0 Å². The molecule has 0 N–H and O–H groups in total. The lowest BCUT2D eigenvalue weighted by molar-refractivity contribution is 0.321. The third kappa shape index (κ3) is 2.88. The number of aromatic nitrogens is 2. The minimum Gasteiger partial charge on any atom is -0.356 e. The van der Waals surface area contributed by atoms with Crippen molar-refractivity contribution in [2.75, 3.05) is 11.9 Å². The second kappa shape index (κ2) is 6.09. The van der Waals surface area contributed by atoms with Crippen LogP contribution in [0.5, 0.6) is 0 Å². The molecule has 0 aliphatic heterocycles. The maximum Gasteiger partial charge on any atom is 0.225 e. The van der Waals surface area contributed by atoms with E-state index in [0.29, 0.717) is 17.2 Å². The van der Waals surface area contributed by atoms with Crippen LogP contribution in [0.15, 0.2) is 6.07 Å². The third-order valence-corrected chi connectivity index (χ3v) is 5.98. The Morgan fingerprint density at radius 3 is 2.81 bits per heavy atom. The van der Waals surface area contributed by atoms with Gasteiger partial charge in [0.25, 0.3) is 0 Å². The summed E-state index contributed by atoms with van der Waals surface area (Å²) in [6.45, 7) is 4.53. The van der Waals surface area contributed by atoms with Gasteiger partial charge in [0.15, 0.2) is 0 Å². The van der Waals surface area contributed by atoms with Crippen LogP contribution in [0.25, 0.3) is 10.2 Å². The van der Waals surface area contributed by atoms with E-state index in [1.165, 1.54) is 30.6 Å². The van der Waals surface area contributed by atoms with Crippen molar-refractivity contribution in [3.63, 3.8) is 0 Å². The van der Waals surface area contributed by atoms with E-state index in [0.717, 1.165) is 22.5 Å². The molecule has 2 atom stereocenters. The fourth-order valence-electron chi connectivity index (χ4n) is 3.40. The van der Waals surface area contributed by atoms with Crippen LogP contribution in [0.1, 0.15) is 44.4 Å². The van der Waals surface area contributed by atoms with Crippen LogP contribution < -0.4 is 4.90 Å². The smallest absolute Gasteiger partial charge is 0.225 e. The molecule has 2 aromatic rings. The molecule has 3 nitrogen and oxygen atoms in total.